The molecule has 1 atom stereocenters. The maximum Gasteiger partial charge on any atom is 0.411 e. The Morgan fingerprint density at radius 2 is 1.65 bits per heavy atom. The smallest absolute Gasteiger partial charge is 0.411 e. The Balaban J connectivity index is 2.85. The van der Waals surface area contributed by atoms with Crippen molar-refractivity contribution in [2.24, 2.45) is 0 Å². The number of nitrogens with one attached hydrogen (secondary N) is 1. The molecule has 0 aliphatic heterocycles. The van der Waals surface area contributed by atoms with Gasteiger partial charge in [-0.05, 0) is 6.92 Å². The summed E-state index contributed by atoms with van der Waals surface area (Å²) in [7, 11) is 4.22. The van der Waals surface area contributed by atoms with E-state index in [1.165, 1.54) is 40.4 Å². The lowest BCUT2D eigenvalue weighted by Crippen LogP contribution is -2.31. The first-order valence-corrected chi connectivity index (χ1v) is 6.51. The van der Waals surface area contributed by atoms with Gasteiger partial charge in [0.05, 0.1) is 21.3 Å². The topological polar surface area (TPSA) is 66.0 Å². The van der Waals surface area contributed by atoms with Crippen LogP contribution < -0.4 is 19.5 Å². The summed E-state index contributed by atoms with van der Waals surface area (Å²) in [5.41, 5.74) is 0.270. The van der Waals surface area contributed by atoms with Crippen molar-refractivity contribution in [3.8, 4) is 17.2 Å². The molecule has 0 heterocycles. The normalized spacial score (nSPS) is 12.5. The number of alkyl halides is 3. The third-order valence-corrected chi connectivity index (χ3v) is 2.80. The zero-order chi connectivity index (χ0) is 17.6. The molecule has 1 amide bonds. The predicted octanol–water partition coefficient (Wildman–Crippen LogP) is 2.62. The van der Waals surface area contributed by atoms with Crippen molar-refractivity contribution in [1.82, 2.24) is 0 Å². The second kappa shape index (κ2) is 7.91. The van der Waals surface area contributed by atoms with Crippen molar-refractivity contribution < 1.29 is 36.9 Å². The third-order valence-electron chi connectivity index (χ3n) is 2.80. The van der Waals surface area contributed by atoms with Gasteiger partial charge in [0, 0.05) is 17.8 Å². The van der Waals surface area contributed by atoms with Gasteiger partial charge in [0.15, 0.2) is 11.5 Å². The molecule has 6 nitrogen and oxygen atoms in total. The summed E-state index contributed by atoms with van der Waals surface area (Å²) in [6.45, 7) is -0.282. The third kappa shape index (κ3) is 5.51. The number of ether oxygens (including phenoxy) is 4. The molecule has 23 heavy (non-hydrogen) atoms. The van der Waals surface area contributed by atoms with Gasteiger partial charge in [-0.25, -0.2) is 0 Å². The number of methoxy groups -OCH3 is 3. The van der Waals surface area contributed by atoms with Crippen LogP contribution in [0.25, 0.3) is 0 Å². The van der Waals surface area contributed by atoms with E-state index in [9.17, 15) is 18.0 Å². The van der Waals surface area contributed by atoms with E-state index in [2.05, 4.69) is 10.1 Å². The Morgan fingerprint density at radius 3 is 2.04 bits per heavy atom. The van der Waals surface area contributed by atoms with Crippen molar-refractivity contribution in [3.63, 3.8) is 0 Å². The molecule has 0 spiro atoms. The minimum absolute atomic E-state index is 0.270. The highest BCUT2D eigenvalue weighted by Gasteiger charge is 2.30. The van der Waals surface area contributed by atoms with Gasteiger partial charge in [0.25, 0.3) is 5.91 Å². The number of amides is 1. The molecule has 9 heteroatoms. The van der Waals surface area contributed by atoms with Gasteiger partial charge >= 0.3 is 6.18 Å². The van der Waals surface area contributed by atoms with Gasteiger partial charge < -0.3 is 24.3 Å². The van der Waals surface area contributed by atoms with E-state index in [1.54, 1.807) is 0 Å². The maximum atomic E-state index is 12.1. The Bertz CT molecular complexity index is 523. The van der Waals surface area contributed by atoms with Crippen LogP contribution in [0.4, 0.5) is 18.9 Å². The van der Waals surface area contributed by atoms with Crippen LogP contribution in [0.5, 0.6) is 17.2 Å². The molecule has 0 unspecified atom stereocenters. The summed E-state index contributed by atoms with van der Waals surface area (Å²) in [6, 6.07) is 2.91. The van der Waals surface area contributed by atoms with Gasteiger partial charge in [-0.2, -0.15) is 13.2 Å². The standard InChI is InChI=1S/C14H18F3NO5/c1-8(23-7-14(15,16)17)13(19)18-9-5-10(20-2)12(22-4)11(6-9)21-3/h5-6,8H,7H2,1-4H3,(H,18,19)/t8-/m1/s1. The van der Waals surface area contributed by atoms with E-state index in [1.807, 2.05) is 0 Å². The van der Waals surface area contributed by atoms with E-state index >= 15 is 0 Å². The van der Waals surface area contributed by atoms with Crippen LogP contribution in [0.3, 0.4) is 0 Å². The van der Waals surface area contributed by atoms with Crippen LogP contribution >= 0.6 is 0 Å². The van der Waals surface area contributed by atoms with E-state index in [4.69, 9.17) is 14.2 Å². The molecule has 0 fully saturated rings. The lowest BCUT2D eigenvalue weighted by molar-refractivity contribution is -0.184. The second-order valence-corrected chi connectivity index (χ2v) is 4.47. The van der Waals surface area contributed by atoms with Gasteiger partial charge in [-0.15, -0.1) is 0 Å². The summed E-state index contributed by atoms with van der Waals surface area (Å²) < 4.78 is 56.1. The van der Waals surface area contributed by atoms with Crippen molar-refractivity contribution in [3.05, 3.63) is 12.1 Å². The lowest BCUT2D eigenvalue weighted by Gasteiger charge is -2.17. The van der Waals surface area contributed by atoms with Crippen LogP contribution in [0, 0.1) is 0 Å². The Labute approximate surface area is 131 Å². The van der Waals surface area contributed by atoms with Crippen molar-refractivity contribution in [2.45, 2.75) is 19.2 Å². The minimum atomic E-state index is -4.50. The molecule has 0 aromatic heterocycles. The second-order valence-electron chi connectivity index (χ2n) is 4.47. The van der Waals surface area contributed by atoms with E-state index in [0.717, 1.165) is 0 Å². The number of hydrogen-bond donors (Lipinski definition) is 1. The Morgan fingerprint density at radius 1 is 1.13 bits per heavy atom. The number of carbonyl (C=O) groups excluding carboxylic acids is 1. The molecule has 1 aromatic rings. The molecular formula is C14H18F3NO5. The molecule has 1 aromatic carbocycles. The van der Waals surface area contributed by atoms with Gasteiger partial charge in [-0.1, -0.05) is 0 Å². The number of benzene rings is 1. The number of halogens is 3. The monoisotopic (exact) mass is 337 g/mol. The number of hydrogen-bond acceptors (Lipinski definition) is 5. The summed E-state index contributed by atoms with van der Waals surface area (Å²) in [5.74, 6) is 0.190. The highest BCUT2D eigenvalue weighted by atomic mass is 19.4. The van der Waals surface area contributed by atoms with Crippen molar-refractivity contribution in [1.29, 1.82) is 0 Å². The summed E-state index contributed by atoms with van der Waals surface area (Å²) in [5, 5.41) is 2.43. The molecule has 0 aliphatic carbocycles. The first-order chi connectivity index (χ1) is 10.7. The zero-order valence-corrected chi connectivity index (χ0v) is 13.1. The van der Waals surface area contributed by atoms with Gasteiger partial charge in [0.1, 0.15) is 12.7 Å². The summed E-state index contributed by atoms with van der Waals surface area (Å²) >= 11 is 0. The quantitative estimate of drug-likeness (QED) is 0.828. The maximum absolute atomic E-state index is 12.1. The van der Waals surface area contributed by atoms with Crippen LogP contribution in [0.15, 0.2) is 12.1 Å². The van der Waals surface area contributed by atoms with E-state index < -0.39 is 24.8 Å². The number of anilines is 1. The van der Waals surface area contributed by atoms with Gasteiger partial charge in [-0.3, -0.25) is 4.79 Å². The summed E-state index contributed by atoms with van der Waals surface area (Å²) in [4.78, 5) is 11.9. The number of carbonyl (C=O) groups is 1. The zero-order valence-electron chi connectivity index (χ0n) is 13.1. The molecule has 1 N–H and O–H groups in total. The molecular weight excluding hydrogens is 319 g/mol. The van der Waals surface area contributed by atoms with Crippen LogP contribution in [-0.2, 0) is 9.53 Å². The van der Waals surface area contributed by atoms with Crippen molar-refractivity contribution >= 4 is 11.6 Å². The average molecular weight is 337 g/mol. The molecule has 0 saturated heterocycles. The fourth-order valence-electron chi connectivity index (χ4n) is 1.69. The fraction of sp³-hybridized carbons (Fsp3) is 0.500. The van der Waals surface area contributed by atoms with Crippen molar-refractivity contribution in [2.75, 3.05) is 33.3 Å². The first kappa shape index (κ1) is 18.9. The minimum Gasteiger partial charge on any atom is -0.493 e. The fourth-order valence-corrected chi connectivity index (χ4v) is 1.69. The lowest BCUT2D eigenvalue weighted by atomic mass is 10.2. The van der Waals surface area contributed by atoms with E-state index in [0.29, 0.717) is 17.2 Å². The molecule has 0 radical (unpaired) electrons. The highest BCUT2D eigenvalue weighted by Crippen LogP contribution is 2.39. The SMILES string of the molecule is COc1cc(NC(=O)[C@@H](C)OCC(F)(F)F)cc(OC)c1OC. The van der Waals surface area contributed by atoms with E-state index in [-0.39, 0.29) is 5.69 Å². The average Bonchev–Trinajstić information content (AvgIpc) is 2.50. The number of rotatable bonds is 7. The van der Waals surface area contributed by atoms with Crippen LogP contribution in [0.1, 0.15) is 6.92 Å². The first-order valence-electron chi connectivity index (χ1n) is 6.51. The highest BCUT2D eigenvalue weighted by molar-refractivity contribution is 5.94. The molecule has 0 bridgehead atoms. The summed E-state index contributed by atoms with van der Waals surface area (Å²) in [6.07, 6.45) is -5.78. The molecule has 1 rings (SSSR count). The predicted molar refractivity (Wildman–Crippen MR) is 76.2 cm³/mol. The Hall–Kier alpha value is -2.16. The van der Waals surface area contributed by atoms with Crippen LogP contribution in [-0.4, -0.2) is 46.1 Å². The van der Waals surface area contributed by atoms with Crippen LogP contribution in [0.2, 0.25) is 0 Å². The van der Waals surface area contributed by atoms with Gasteiger partial charge in [0.2, 0.25) is 5.75 Å². The largest absolute Gasteiger partial charge is 0.493 e. The molecule has 0 aliphatic rings. The molecule has 130 valence electrons. The Kier molecular flexibility index (Phi) is 6.49. The molecule has 0 saturated carbocycles.